The average Bonchev–Trinajstić information content (AvgIpc) is 3.15. The molecule has 1 rings (SSSR count). The standard InChI is InChI=1S/C15H22N6O7S/c16-8(1-7-3-17-6-19-7)13(25)18-4-11(22)20-10(5-29)14(26)21-9(15(27)28)2-12(23)24/h3,6,8-10,29H,1-2,4-5,16H2,(H,17,19)(H,18,25)(H,20,22)(H,21,26)(H,23,24)(H,27,28). The van der Waals surface area contributed by atoms with Crippen LogP contribution in [0.1, 0.15) is 12.1 Å². The molecular weight excluding hydrogens is 408 g/mol. The van der Waals surface area contributed by atoms with E-state index in [9.17, 15) is 24.0 Å². The van der Waals surface area contributed by atoms with Crippen molar-refractivity contribution in [3.8, 4) is 0 Å². The second kappa shape index (κ2) is 11.7. The number of carbonyl (C=O) groups excluding carboxylic acids is 3. The smallest absolute Gasteiger partial charge is 0.326 e. The molecule has 1 heterocycles. The average molecular weight is 430 g/mol. The number of aromatic amines is 1. The van der Waals surface area contributed by atoms with Gasteiger partial charge in [0, 0.05) is 24.1 Å². The van der Waals surface area contributed by atoms with E-state index in [-0.39, 0.29) is 12.2 Å². The Morgan fingerprint density at radius 2 is 1.83 bits per heavy atom. The van der Waals surface area contributed by atoms with Gasteiger partial charge in [0.1, 0.15) is 12.1 Å². The third kappa shape index (κ3) is 8.61. The maximum Gasteiger partial charge on any atom is 0.326 e. The van der Waals surface area contributed by atoms with Crippen LogP contribution in [0.25, 0.3) is 0 Å². The predicted octanol–water partition coefficient (Wildman–Crippen LogP) is -3.15. The molecule has 3 amide bonds. The van der Waals surface area contributed by atoms with Crippen molar-refractivity contribution in [2.75, 3.05) is 12.3 Å². The number of hydrogen-bond acceptors (Lipinski definition) is 8. The second-order valence-electron chi connectivity index (χ2n) is 5.91. The van der Waals surface area contributed by atoms with Gasteiger partial charge in [0.05, 0.1) is 25.3 Å². The molecule has 1 aromatic rings. The van der Waals surface area contributed by atoms with Crippen LogP contribution in [-0.4, -0.2) is 80.3 Å². The molecule has 14 heteroatoms. The molecule has 0 saturated heterocycles. The number of thiol groups is 1. The normalized spacial score (nSPS) is 13.6. The molecular formula is C15H22N6O7S. The van der Waals surface area contributed by atoms with Crippen LogP contribution in [-0.2, 0) is 30.4 Å². The highest BCUT2D eigenvalue weighted by Gasteiger charge is 2.27. The molecule has 29 heavy (non-hydrogen) atoms. The Kier molecular flexibility index (Phi) is 9.61. The molecule has 8 N–H and O–H groups in total. The number of nitrogens with one attached hydrogen (secondary N) is 4. The number of nitrogens with two attached hydrogens (primary N) is 1. The molecule has 1 aromatic heterocycles. The summed E-state index contributed by atoms with van der Waals surface area (Å²) in [7, 11) is 0. The van der Waals surface area contributed by atoms with Gasteiger partial charge in [-0.05, 0) is 0 Å². The van der Waals surface area contributed by atoms with Crippen LogP contribution >= 0.6 is 12.6 Å². The minimum absolute atomic E-state index is 0.176. The molecule has 0 saturated carbocycles. The lowest BCUT2D eigenvalue weighted by Gasteiger charge is -2.19. The Hall–Kier alpha value is -3.13. The van der Waals surface area contributed by atoms with Crippen molar-refractivity contribution in [1.29, 1.82) is 0 Å². The number of hydrogen-bond donors (Lipinski definition) is 8. The van der Waals surface area contributed by atoms with Gasteiger partial charge in [0.2, 0.25) is 17.7 Å². The molecule has 0 fully saturated rings. The Balaban J connectivity index is 2.50. The van der Waals surface area contributed by atoms with Gasteiger partial charge in [-0.25, -0.2) is 9.78 Å². The summed E-state index contributed by atoms with van der Waals surface area (Å²) in [6.45, 7) is -0.482. The summed E-state index contributed by atoms with van der Waals surface area (Å²) in [5, 5.41) is 24.2. The van der Waals surface area contributed by atoms with Crippen molar-refractivity contribution in [2.24, 2.45) is 5.73 Å². The zero-order chi connectivity index (χ0) is 22.0. The zero-order valence-corrected chi connectivity index (χ0v) is 16.0. The number of aromatic nitrogens is 2. The zero-order valence-electron chi connectivity index (χ0n) is 15.1. The SMILES string of the molecule is NC(Cc1cnc[nH]1)C(=O)NCC(=O)NC(CS)C(=O)NC(CC(=O)O)C(=O)O. The van der Waals surface area contributed by atoms with E-state index in [0.717, 1.165) is 0 Å². The van der Waals surface area contributed by atoms with Gasteiger partial charge in [-0.15, -0.1) is 0 Å². The molecule has 0 spiro atoms. The molecule has 160 valence electrons. The van der Waals surface area contributed by atoms with Crippen LogP contribution in [0.2, 0.25) is 0 Å². The van der Waals surface area contributed by atoms with E-state index < -0.39 is 60.8 Å². The monoisotopic (exact) mass is 430 g/mol. The first-order chi connectivity index (χ1) is 13.6. The number of rotatable bonds is 12. The van der Waals surface area contributed by atoms with E-state index in [1.165, 1.54) is 12.5 Å². The lowest BCUT2D eigenvalue weighted by Crippen LogP contribution is -2.54. The van der Waals surface area contributed by atoms with Crippen LogP contribution in [0.3, 0.4) is 0 Å². The fraction of sp³-hybridized carbons (Fsp3) is 0.467. The number of amides is 3. The molecule has 0 aliphatic rings. The third-order valence-electron chi connectivity index (χ3n) is 3.58. The number of carbonyl (C=O) groups is 5. The number of carboxylic acids is 2. The van der Waals surface area contributed by atoms with Gasteiger partial charge in [-0.3, -0.25) is 19.2 Å². The van der Waals surface area contributed by atoms with Crippen molar-refractivity contribution in [3.63, 3.8) is 0 Å². The van der Waals surface area contributed by atoms with E-state index in [1.807, 2.05) is 5.32 Å². The maximum absolute atomic E-state index is 12.1. The van der Waals surface area contributed by atoms with Crippen LogP contribution in [0.5, 0.6) is 0 Å². The van der Waals surface area contributed by atoms with Crippen LogP contribution < -0.4 is 21.7 Å². The van der Waals surface area contributed by atoms with E-state index in [2.05, 4.69) is 33.2 Å². The summed E-state index contributed by atoms with van der Waals surface area (Å²) in [5.74, 6) is -5.42. The number of aliphatic carboxylic acids is 2. The van der Waals surface area contributed by atoms with Crippen molar-refractivity contribution in [2.45, 2.75) is 31.0 Å². The topological polar surface area (TPSA) is 217 Å². The fourth-order valence-corrected chi connectivity index (χ4v) is 2.37. The van der Waals surface area contributed by atoms with Gasteiger partial charge in [-0.2, -0.15) is 12.6 Å². The van der Waals surface area contributed by atoms with Crippen LogP contribution in [0.4, 0.5) is 0 Å². The van der Waals surface area contributed by atoms with Gasteiger partial charge >= 0.3 is 11.9 Å². The molecule has 0 aromatic carbocycles. The van der Waals surface area contributed by atoms with Gasteiger partial charge in [-0.1, -0.05) is 0 Å². The molecule has 0 aliphatic carbocycles. The molecule has 0 aliphatic heterocycles. The summed E-state index contributed by atoms with van der Waals surface area (Å²) in [6.07, 6.45) is 2.28. The number of imidazole rings is 1. The molecule has 0 radical (unpaired) electrons. The number of nitrogens with zero attached hydrogens (tertiary/aromatic N) is 1. The van der Waals surface area contributed by atoms with E-state index in [0.29, 0.717) is 5.69 Å². The summed E-state index contributed by atoms with van der Waals surface area (Å²) < 4.78 is 0. The lowest BCUT2D eigenvalue weighted by molar-refractivity contribution is -0.147. The van der Waals surface area contributed by atoms with E-state index in [4.69, 9.17) is 15.9 Å². The molecule has 0 bridgehead atoms. The van der Waals surface area contributed by atoms with Gasteiger partial charge < -0.3 is 36.9 Å². The largest absolute Gasteiger partial charge is 0.481 e. The Morgan fingerprint density at radius 1 is 1.14 bits per heavy atom. The summed E-state index contributed by atoms with van der Waals surface area (Å²) >= 11 is 3.91. The van der Waals surface area contributed by atoms with Crippen LogP contribution in [0.15, 0.2) is 12.5 Å². The second-order valence-corrected chi connectivity index (χ2v) is 6.27. The van der Waals surface area contributed by atoms with E-state index in [1.54, 1.807) is 0 Å². The molecule has 3 unspecified atom stereocenters. The minimum Gasteiger partial charge on any atom is -0.481 e. The predicted molar refractivity (Wildman–Crippen MR) is 101 cm³/mol. The van der Waals surface area contributed by atoms with Gasteiger partial charge in [0.15, 0.2) is 0 Å². The summed E-state index contributed by atoms with van der Waals surface area (Å²) in [5.41, 5.74) is 6.36. The quantitative estimate of drug-likeness (QED) is 0.157. The third-order valence-corrected chi connectivity index (χ3v) is 3.95. The number of H-pyrrole nitrogens is 1. The Bertz CT molecular complexity index is 742. The highest BCUT2D eigenvalue weighted by atomic mass is 32.1. The first-order valence-electron chi connectivity index (χ1n) is 8.29. The van der Waals surface area contributed by atoms with Crippen molar-refractivity contribution < 1.29 is 34.2 Å². The molecule has 3 atom stereocenters. The highest BCUT2D eigenvalue weighted by Crippen LogP contribution is 1.98. The Labute approximate surface area is 170 Å². The van der Waals surface area contributed by atoms with E-state index >= 15 is 0 Å². The van der Waals surface area contributed by atoms with Crippen molar-refractivity contribution in [1.82, 2.24) is 25.9 Å². The first kappa shape index (κ1) is 23.9. The minimum atomic E-state index is -1.67. The molecule has 13 nitrogen and oxygen atoms in total. The maximum atomic E-state index is 12.1. The fourth-order valence-electron chi connectivity index (χ4n) is 2.11. The lowest BCUT2D eigenvalue weighted by atomic mass is 10.1. The number of carboxylic acid groups (broad SMARTS) is 2. The van der Waals surface area contributed by atoms with Gasteiger partial charge in [0.25, 0.3) is 0 Å². The van der Waals surface area contributed by atoms with Crippen molar-refractivity contribution >= 4 is 42.3 Å². The Morgan fingerprint density at radius 3 is 2.34 bits per heavy atom. The first-order valence-corrected chi connectivity index (χ1v) is 8.93. The van der Waals surface area contributed by atoms with Crippen molar-refractivity contribution in [3.05, 3.63) is 18.2 Å². The summed E-state index contributed by atoms with van der Waals surface area (Å²) in [6, 6.07) is -3.84. The van der Waals surface area contributed by atoms with Crippen LogP contribution in [0, 0.1) is 0 Å². The highest BCUT2D eigenvalue weighted by molar-refractivity contribution is 7.80. The summed E-state index contributed by atoms with van der Waals surface area (Å²) in [4.78, 5) is 64.2.